The standard InChI is InChI=1S/C16H17ClN2O3S/c1-19(23(2,21)22)15-6-4-3-5-14(15)16(20)18-11-12-7-9-13(17)10-8-12/h3-10H,11H2,1-2H3,(H,18,20). The molecule has 0 bridgehead atoms. The summed E-state index contributed by atoms with van der Waals surface area (Å²) in [6, 6.07) is 13.7. The quantitative estimate of drug-likeness (QED) is 0.899. The smallest absolute Gasteiger partial charge is 0.253 e. The van der Waals surface area contributed by atoms with Gasteiger partial charge in [-0.25, -0.2) is 8.42 Å². The van der Waals surface area contributed by atoms with Gasteiger partial charge in [0.15, 0.2) is 0 Å². The van der Waals surface area contributed by atoms with Crippen molar-refractivity contribution in [2.45, 2.75) is 6.54 Å². The minimum atomic E-state index is -3.45. The van der Waals surface area contributed by atoms with Crippen LogP contribution in [-0.2, 0) is 16.6 Å². The molecule has 5 nitrogen and oxygen atoms in total. The fraction of sp³-hybridized carbons (Fsp3) is 0.188. The van der Waals surface area contributed by atoms with Gasteiger partial charge in [0.05, 0.1) is 17.5 Å². The van der Waals surface area contributed by atoms with Gasteiger partial charge < -0.3 is 5.32 Å². The lowest BCUT2D eigenvalue weighted by Crippen LogP contribution is -2.29. The lowest BCUT2D eigenvalue weighted by atomic mass is 10.1. The van der Waals surface area contributed by atoms with Gasteiger partial charge >= 0.3 is 0 Å². The predicted octanol–water partition coefficient (Wildman–Crippen LogP) is 2.67. The molecule has 0 fully saturated rings. The van der Waals surface area contributed by atoms with Gasteiger partial charge in [0, 0.05) is 18.6 Å². The molecule has 0 saturated heterocycles. The fourth-order valence-electron chi connectivity index (χ4n) is 2.00. The zero-order valence-electron chi connectivity index (χ0n) is 12.8. The van der Waals surface area contributed by atoms with Crippen LogP contribution in [0.15, 0.2) is 48.5 Å². The Bertz CT molecular complexity index is 804. The van der Waals surface area contributed by atoms with Gasteiger partial charge in [-0.3, -0.25) is 9.10 Å². The number of nitrogens with one attached hydrogen (secondary N) is 1. The third-order valence-electron chi connectivity index (χ3n) is 3.35. The van der Waals surface area contributed by atoms with Crippen LogP contribution in [0, 0.1) is 0 Å². The molecular weight excluding hydrogens is 336 g/mol. The van der Waals surface area contributed by atoms with Gasteiger partial charge in [0.25, 0.3) is 5.91 Å². The molecule has 0 heterocycles. The summed E-state index contributed by atoms with van der Waals surface area (Å²) in [5.74, 6) is -0.342. The molecule has 0 saturated carbocycles. The monoisotopic (exact) mass is 352 g/mol. The Morgan fingerprint density at radius 1 is 1.13 bits per heavy atom. The third kappa shape index (κ3) is 4.46. The first-order valence-electron chi connectivity index (χ1n) is 6.84. The first kappa shape index (κ1) is 17.3. The van der Waals surface area contributed by atoms with Crippen molar-refractivity contribution in [1.29, 1.82) is 0 Å². The maximum absolute atomic E-state index is 12.4. The van der Waals surface area contributed by atoms with Gasteiger partial charge in [-0.05, 0) is 29.8 Å². The highest BCUT2D eigenvalue weighted by Crippen LogP contribution is 2.21. The summed E-state index contributed by atoms with van der Waals surface area (Å²) in [5, 5.41) is 3.40. The van der Waals surface area contributed by atoms with Gasteiger partial charge in [0.1, 0.15) is 0 Å². The van der Waals surface area contributed by atoms with Crippen molar-refractivity contribution in [1.82, 2.24) is 5.32 Å². The largest absolute Gasteiger partial charge is 0.348 e. The van der Waals surface area contributed by atoms with E-state index in [1.54, 1.807) is 36.4 Å². The van der Waals surface area contributed by atoms with Crippen molar-refractivity contribution < 1.29 is 13.2 Å². The predicted molar refractivity (Wildman–Crippen MR) is 92.3 cm³/mol. The SMILES string of the molecule is CN(c1ccccc1C(=O)NCc1ccc(Cl)cc1)S(C)(=O)=O. The molecular formula is C16H17ClN2O3S. The first-order chi connectivity index (χ1) is 10.8. The molecule has 0 atom stereocenters. The minimum Gasteiger partial charge on any atom is -0.348 e. The number of para-hydroxylation sites is 1. The number of sulfonamides is 1. The average molecular weight is 353 g/mol. The number of halogens is 1. The van der Waals surface area contributed by atoms with Crippen LogP contribution in [0.3, 0.4) is 0 Å². The second-order valence-corrected chi connectivity index (χ2v) is 7.51. The maximum Gasteiger partial charge on any atom is 0.253 e. The summed E-state index contributed by atoms with van der Waals surface area (Å²) < 4.78 is 24.5. The first-order valence-corrected chi connectivity index (χ1v) is 9.07. The van der Waals surface area contributed by atoms with Gasteiger partial charge in [-0.15, -0.1) is 0 Å². The van der Waals surface area contributed by atoms with Crippen LogP contribution in [0.5, 0.6) is 0 Å². The molecule has 0 radical (unpaired) electrons. The molecule has 1 N–H and O–H groups in total. The fourth-order valence-corrected chi connectivity index (χ4v) is 2.64. The lowest BCUT2D eigenvalue weighted by Gasteiger charge is -2.19. The Balaban J connectivity index is 2.18. The van der Waals surface area contributed by atoms with Crippen LogP contribution >= 0.6 is 11.6 Å². The van der Waals surface area contributed by atoms with Crippen LogP contribution in [0.1, 0.15) is 15.9 Å². The van der Waals surface area contributed by atoms with E-state index in [-0.39, 0.29) is 5.91 Å². The van der Waals surface area contributed by atoms with E-state index in [0.29, 0.717) is 22.8 Å². The van der Waals surface area contributed by atoms with E-state index >= 15 is 0 Å². The number of nitrogens with zero attached hydrogens (tertiary/aromatic N) is 1. The number of benzene rings is 2. The summed E-state index contributed by atoms with van der Waals surface area (Å²) in [4.78, 5) is 12.4. The molecule has 2 aromatic carbocycles. The Kier molecular flexibility index (Phi) is 5.28. The number of anilines is 1. The molecule has 0 aliphatic carbocycles. The van der Waals surface area contributed by atoms with Crippen LogP contribution in [0.2, 0.25) is 5.02 Å². The van der Waals surface area contributed by atoms with Crippen molar-refractivity contribution in [3.05, 3.63) is 64.7 Å². The number of rotatable bonds is 5. The zero-order chi connectivity index (χ0) is 17.0. The van der Waals surface area contributed by atoms with E-state index in [9.17, 15) is 13.2 Å². The van der Waals surface area contributed by atoms with Crippen LogP contribution in [0.25, 0.3) is 0 Å². The van der Waals surface area contributed by atoms with E-state index in [2.05, 4.69) is 5.32 Å². The van der Waals surface area contributed by atoms with Gasteiger partial charge in [-0.1, -0.05) is 35.9 Å². The molecule has 122 valence electrons. The Morgan fingerprint density at radius 3 is 2.35 bits per heavy atom. The lowest BCUT2D eigenvalue weighted by molar-refractivity contribution is 0.0951. The molecule has 0 aliphatic rings. The van der Waals surface area contributed by atoms with Crippen LogP contribution in [-0.4, -0.2) is 27.6 Å². The molecule has 0 aromatic heterocycles. The van der Waals surface area contributed by atoms with Crippen molar-refractivity contribution in [3.8, 4) is 0 Å². The Labute approximate surface area is 140 Å². The van der Waals surface area contributed by atoms with E-state index in [1.165, 1.54) is 7.05 Å². The Morgan fingerprint density at radius 2 is 1.74 bits per heavy atom. The molecule has 2 aromatic rings. The summed E-state index contributed by atoms with van der Waals surface area (Å²) in [5.41, 5.74) is 1.54. The topological polar surface area (TPSA) is 66.5 Å². The molecule has 2 rings (SSSR count). The normalized spacial score (nSPS) is 11.1. The van der Waals surface area contributed by atoms with E-state index < -0.39 is 10.0 Å². The highest BCUT2D eigenvalue weighted by molar-refractivity contribution is 7.92. The third-order valence-corrected chi connectivity index (χ3v) is 4.80. The Hall–Kier alpha value is -2.05. The number of amides is 1. The second kappa shape index (κ2) is 7.02. The molecule has 0 spiro atoms. The van der Waals surface area contributed by atoms with Crippen molar-refractivity contribution in [2.75, 3.05) is 17.6 Å². The number of carbonyl (C=O) groups is 1. The highest BCUT2D eigenvalue weighted by Gasteiger charge is 2.19. The second-order valence-electron chi connectivity index (χ2n) is 5.06. The maximum atomic E-state index is 12.4. The van der Waals surface area contributed by atoms with Crippen LogP contribution in [0.4, 0.5) is 5.69 Å². The van der Waals surface area contributed by atoms with Gasteiger partial charge in [-0.2, -0.15) is 0 Å². The van der Waals surface area contributed by atoms with E-state index in [4.69, 9.17) is 11.6 Å². The molecule has 23 heavy (non-hydrogen) atoms. The van der Waals surface area contributed by atoms with Crippen molar-refractivity contribution >= 4 is 33.2 Å². The summed E-state index contributed by atoms with van der Waals surface area (Å²) in [7, 11) is -2.03. The van der Waals surface area contributed by atoms with Gasteiger partial charge in [0.2, 0.25) is 10.0 Å². The minimum absolute atomic E-state index is 0.300. The number of carbonyl (C=O) groups excluding carboxylic acids is 1. The van der Waals surface area contributed by atoms with E-state index in [1.807, 2.05) is 12.1 Å². The van der Waals surface area contributed by atoms with Crippen molar-refractivity contribution in [3.63, 3.8) is 0 Å². The van der Waals surface area contributed by atoms with E-state index in [0.717, 1.165) is 16.1 Å². The molecule has 1 amide bonds. The number of hydrogen-bond donors (Lipinski definition) is 1. The summed E-state index contributed by atoms with van der Waals surface area (Å²) >= 11 is 5.82. The highest BCUT2D eigenvalue weighted by atomic mass is 35.5. The molecule has 7 heteroatoms. The van der Waals surface area contributed by atoms with Crippen molar-refractivity contribution in [2.24, 2.45) is 0 Å². The van der Waals surface area contributed by atoms with Crippen LogP contribution < -0.4 is 9.62 Å². The number of hydrogen-bond acceptors (Lipinski definition) is 3. The summed E-state index contributed by atoms with van der Waals surface area (Å²) in [6.45, 7) is 0.326. The average Bonchev–Trinajstić information content (AvgIpc) is 2.52. The molecule has 0 aliphatic heterocycles. The zero-order valence-corrected chi connectivity index (χ0v) is 14.4. The molecule has 0 unspecified atom stereocenters. The summed E-state index contributed by atoms with van der Waals surface area (Å²) in [6.07, 6.45) is 1.09.